The minimum Gasteiger partial charge on any atom is -0.497 e. The first-order valence-electron chi connectivity index (χ1n) is 5.94. The van der Waals surface area contributed by atoms with Crippen LogP contribution in [0.25, 0.3) is 0 Å². The zero-order chi connectivity index (χ0) is 9.80. The van der Waals surface area contributed by atoms with E-state index in [1.165, 1.54) is 25.7 Å². The first-order valence-corrected chi connectivity index (χ1v) is 5.94. The summed E-state index contributed by atoms with van der Waals surface area (Å²) >= 11 is 0. The fraction of sp³-hybridized carbons (Fsp3) is 0.833. The molecule has 0 radical (unpaired) electrons. The quantitative estimate of drug-likeness (QED) is 0.751. The standard InChI is InChI=1S/C12H21NO/c13-11(9-10-5-1-2-6-10)12-7-3-4-8-14-12/h7,10-11H,1-6,8-9,13H2. The first kappa shape index (κ1) is 10.0. The largest absolute Gasteiger partial charge is 0.497 e. The zero-order valence-corrected chi connectivity index (χ0v) is 8.87. The second-order valence-corrected chi connectivity index (χ2v) is 4.59. The van der Waals surface area contributed by atoms with Gasteiger partial charge in [0.2, 0.25) is 0 Å². The predicted octanol–water partition coefficient (Wildman–Crippen LogP) is 2.59. The van der Waals surface area contributed by atoms with Crippen LogP contribution in [-0.4, -0.2) is 12.6 Å². The number of rotatable bonds is 3. The Bertz CT molecular complexity index is 206. The molecular weight excluding hydrogens is 174 g/mol. The highest BCUT2D eigenvalue weighted by molar-refractivity contribution is 5.04. The number of hydrogen-bond donors (Lipinski definition) is 1. The van der Waals surface area contributed by atoms with Crippen molar-refractivity contribution < 1.29 is 4.74 Å². The summed E-state index contributed by atoms with van der Waals surface area (Å²) in [6.45, 7) is 0.865. The van der Waals surface area contributed by atoms with Crippen molar-refractivity contribution in [1.29, 1.82) is 0 Å². The van der Waals surface area contributed by atoms with Gasteiger partial charge < -0.3 is 10.5 Å². The van der Waals surface area contributed by atoms with Crippen molar-refractivity contribution in [2.75, 3.05) is 6.61 Å². The van der Waals surface area contributed by atoms with E-state index < -0.39 is 0 Å². The van der Waals surface area contributed by atoms with Crippen LogP contribution in [0, 0.1) is 5.92 Å². The fourth-order valence-electron chi connectivity index (χ4n) is 2.56. The third-order valence-electron chi connectivity index (χ3n) is 3.39. The number of hydrogen-bond acceptors (Lipinski definition) is 2. The van der Waals surface area contributed by atoms with Gasteiger partial charge in [0.15, 0.2) is 0 Å². The summed E-state index contributed by atoms with van der Waals surface area (Å²) in [7, 11) is 0. The summed E-state index contributed by atoms with van der Waals surface area (Å²) in [5.74, 6) is 1.92. The Labute approximate surface area is 86.5 Å². The molecule has 1 atom stereocenters. The molecule has 0 saturated heterocycles. The topological polar surface area (TPSA) is 35.2 Å². The van der Waals surface area contributed by atoms with Gasteiger partial charge in [0, 0.05) is 0 Å². The van der Waals surface area contributed by atoms with Crippen molar-refractivity contribution >= 4 is 0 Å². The van der Waals surface area contributed by atoms with Gasteiger partial charge in [0.05, 0.1) is 12.6 Å². The van der Waals surface area contributed by atoms with Crippen LogP contribution in [0.4, 0.5) is 0 Å². The van der Waals surface area contributed by atoms with E-state index in [2.05, 4.69) is 6.08 Å². The Hall–Kier alpha value is -0.500. The van der Waals surface area contributed by atoms with E-state index in [1.54, 1.807) is 0 Å². The molecule has 0 aromatic carbocycles. The van der Waals surface area contributed by atoms with Gasteiger partial charge in [-0.25, -0.2) is 0 Å². The number of allylic oxidation sites excluding steroid dienone is 1. The minimum atomic E-state index is 0.165. The average Bonchev–Trinajstić information content (AvgIpc) is 2.72. The molecule has 1 unspecified atom stereocenters. The van der Waals surface area contributed by atoms with E-state index >= 15 is 0 Å². The maximum atomic E-state index is 6.13. The molecule has 1 aliphatic carbocycles. The molecule has 1 heterocycles. The predicted molar refractivity (Wildman–Crippen MR) is 57.8 cm³/mol. The van der Waals surface area contributed by atoms with Crippen LogP contribution >= 0.6 is 0 Å². The third-order valence-corrected chi connectivity index (χ3v) is 3.39. The van der Waals surface area contributed by atoms with Crippen LogP contribution in [0.3, 0.4) is 0 Å². The Balaban J connectivity index is 1.81. The van der Waals surface area contributed by atoms with Crippen molar-refractivity contribution in [3.8, 4) is 0 Å². The second-order valence-electron chi connectivity index (χ2n) is 4.59. The highest BCUT2D eigenvalue weighted by atomic mass is 16.5. The SMILES string of the molecule is NC(CC1CCCC1)C1=CCCCO1. The first-order chi connectivity index (χ1) is 6.86. The van der Waals surface area contributed by atoms with E-state index in [9.17, 15) is 0 Å². The van der Waals surface area contributed by atoms with Crippen LogP contribution < -0.4 is 5.73 Å². The molecule has 2 aliphatic rings. The van der Waals surface area contributed by atoms with Crippen LogP contribution in [0.1, 0.15) is 44.9 Å². The average molecular weight is 195 g/mol. The van der Waals surface area contributed by atoms with Crippen molar-refractivity contribution in [3.63, 3.8) is 0 Å². The molecular formula is C12H21NO. The monoisotopic (exact) mass is 195 g/mol. The minimum absolute atomic E-state index is 0.165. The molecule has 0 bridgehead atoms. The molecule has 1 aliphatic heterocycles. The lowest BCUT2D eigenvalue weighted by atomic mass is 9.97. The second kappa shape index (κ2) is 4.83. The molecule has 14 heavy (non-hydrogen) atoms. The lowest BCUT2D eigenvalue weighted by molar-refractivity contribution is 0.169. The van der Waals surface area contributed by atoms with Crippen molar-refractivity contribution in [2.45, 2.75) is 51.0 Å². The molecule has 2 heteroatoms. The van der Waals surface area contributed by atoms with Gasteiger partial charge in [-0.3, -0.25) is 0 Å². The fourth-order valence-corrected chi connectivity index (χ4v) is 2.56. The molecule has 80 valence electrons. The lowest BCUT2D eigenvalue weighted by Crippen LogP contribution is -2.28. The molecule has 0 amide bonds. The molecule has 1 fully saturated rings. The van der Waals surface area contributed by atoms with Crippen molar-refractivity contribution in [3.05, 3.63) is 11.8 Å². The van der Waals surface area contributed by atoms with E-state index in [0.717, 1.165) is 37.5 Å². The highest BCUT2D eigenvalue weighted by Gasteiger charge is 2.21. The maximum absolute atomic E-state index is 6.13. The van der Waals surface area contributed by atoms with E-state index in [4.69, 9.17) is 10.5 Å². The van der Waals surface area contributed by atoms with E-state index in [1.807, 2.05) is 0 Å². The van der Waals surface area contributed by atoms with Crippen molar-refractivity contribution in [1.82, 2.24) is 0 Å². The summed E-state index contributed by atoms with van der Waals surface area (Å²) in [6, 6.07) is 0.165. The van der Waals surface area contributed by atoms with Crippen LogP contribution in [0.15, 0.2) is 11.8 Å². The molecule has 2 N–H and O–H groups in total. The van der Waals surface area contributed by atoms with Gasteiger partial charge in [0.1, 0.15) is 5.76 Å². The third kappa shape index (κ3) is 2.50. The van der Waals surface area contributed by atoms with Crippen LogP contribution in [-0.2, 0) is 4.74 Å². The summed E-state index contributed by atoms with van der Waals surface area (Å²) in [5, 5.41) is 0. The molecule has 1 saturated carbocycles. The lowest BCUT2D eigenvalue weighted by Gasteiger charge is -2.22. The van der Waals surface area contributed by atoms with Crippen LogP contribution in [0.2, 0.25) is 0 Å². The van der Waals surface area contributed by atoms with E-state index in [0.29, 0.717) is 0 Å². The molecule has 2 rings (SSSR count). The van der Waals surface area contributed by atoms with E-state index in [-0.39, 0.29) is 6.04 Å². The van der Waals surface area contributed by atoms with Gasteiger partial charge in [-0.1, -0.05) is 25.7 Å². The summed E-state index contributed by atoms with van der Waals surface area (Å²) in [6.07, 6.45) is 11.2. The zero-order valence-electron chi connectivity index (χ0n) is 8.87. The maximum Gasteiger partial charge on any atom is 0.109 e. The van der Waals surface area contributed by atoms with Gasteiger partial charge in [0.25, 0.3) is 0 Å². The summed E-state index contributed by atoms with van der Waals surface area (Å²) < 4.78 is 5.59. The Morgan fingerprint density at radius 1 is 1.36 bits per heavy atom. The van der Waals surface area contributed by atoms with Gasteiger partial charge in [-0.05, 0) is 31.3 Å². The Morgan fingerprint density at radius 2 is 2.14 bits per heavy atom. The molecule has 2 nitrogen and oxygen atoms in total. The highest BCUT2D eigenvalue weighted by Crippen LogP contribution is 2.30. The van der Waals surface area contributed by atoms with Crippen LogP contribution in [0.5, 0.6) is 0 Å². The van der Waals surface area contributed by atoms with Gasteiger partial charge in [-0.15, -0.1) is 0 Å². The molecule has 0 aromatic heterocycles. The van der Waals surface area contributed by atoms with Crippen molar-refractivity contribution in [2.24, 2.45) is 11.7 Å². The van der Waals surface area contributed by atoms with Gasteiger partial charge >= 0.3 is 0 Å². The summed E-state index contributed by atoms with van der Waals surface area (Å²) in [4.78, 5) is 0. The Kier molecular flexibility index (Phi) is 3.46. The normalized spacial score (nSPS) is 25.6. The number of ether oxygens (including phenoxy) is 1. The smallest absolute Gasteiger partial charge is 0.109 e. The Morgan fingerprint density at radius 3 is 2.79 bits per heavy atom. The van der Waals surface area contributed by atoms with Gasteiger partial charge in [-0.2, -0.15) is 0 Å². The number of nitrogens with two attached hydrogens (primary N) is 1. The molecule has 0 spiro atoms. The summed E-state index contributed by atoms with van der Waals surface area (Å²) in [5.41, 5.74) is 6.13. The molecule has 0 aromatic rings.